The number of hydrogen-bond donors (Lipinski definition) is 1. The van der Waals surface area contributed by atoms with Crippen LogP contribution in [0.15, 0.2) is 41.7 Å². The zero-order valence-electron chi connectivity index (χ0n) is 13.5. The topological polar surface area (TPSA) is 58.1 Å². The van der Waals surface area contributed by atoms with E-state index in [1.807, 2.05) is 12.1 Å². The van der Waals surface area contributed by atoms with Gasteiger partial charge >= 0.3 is 0 Å². The number of nitrogens with zero attached hydrogens (tertiary/aromatic N) is 3. The predicted molar refractivity (Wildman–Crippen MR) is 93.0 cm³/mol. The molecule has 0 saturated carbocycles. The summed E-state index contributed by atoms with van der Waals surface area (Å²) < 4.78 is 25.2. The average Bonchev–Trinajstić information content (AvgIpc) is 3.15. The Bertz CT molecular complexity index is 738. The van der Waals surface area contributed by atoms with Crippen LogP contribution in [0.4, 0.5) is 14.6 Å². The molecule has 0 atom stereocenters. The van der Waals surface area contributed by atoms with Gasteiger partial charge in [-0.15, -0.1) is 0 Å². The monoisotopic (exact) mass is 364 g/mol. The number of carbonyl (C=O) groups excluding carboxylic acids is 1. The number of aromatic nitrogens is 2. The van der Waals surface area contributed by atoms with Crippen molar-refractivity contribution in [2.75, 3.05) is 18.0 Å². The van der Waals surface area contributed by atoms with Gasteiger partial charge in [0, 0.05) is 32.0 Å². The molecule has 1 N–H and O–H groups in total. The lowest BCUT2D eigenvalue weighted by Gasteiger charge is -2.17. The number of pyridine rings is 2. The summed E-state index contributed by atoms with van der Waals surface area (Å²) in [6, 6.07) is 6.83. The van der Waals surface area contributed by atoms with Crippen LogP contribution in [-0.4, -0.2) is 34.7 Å². The van der Waals surface area contributed by atoms with Crippen LogP contribution in [0, 0.1) is 0 Å². The first-order chi connectivity index (χ1) is 12.1. The Hall–Kier alpha value is -2.22. The quantitative estimate of drug-likeness (QED) is 0.797. The number of thioether (sulfide) groups is 1. The molecule has 1 saturated heterocycles. The molecule has 0 bridgehead atoms. The molecule has 25 heavy (non-hydrogen) atoms. The number of nitrogens with one attached hydrogen (secondary N) is 1. The van der Waals surface area contributed by atoms with Gasteiger partial charge in [-0.2, -0.15) is 8.78 Å². The summed E-state index contributed by atoms with van der Waals surface area (Å²) in [5.41, 5.74) is 1.07. The van der Waals surface area contributed by atoms with Gasteiger partial charge in [-0.1, -0.05) is 0 Å². The predicted octanol–water partition coefficient (Wildman–Crippen LogP) is 3.32. The summed E-state index contributed by atoms with van der Waals surface area (Å²) in [6.07, 6.45) is 5.44. The first-order valence-corrected chi connectivity index (χ1v) is 8.89. The molecule has 0 radical (unpaired) electrons. The second kappa shape index (κ2) is 8.24. The average molecular weight is 364 g/mol. The summed E-state index contributed by atoms with van der Waals surface area (Å²) in [6.45, 7) is 2.29. The molecule has 3 rings (SSSR count). The first-order valence-electron chi connectivity index (χ1n) is 8.01. The highest BCUT2D eigenvalue weighted by molar-refractivity contribution is 7.99. The van der Waals surface area contributed by atoms with Gasteiger partial charge in [0.25, 0.3) is 11.7 Å². The summed E-state index contributed by atoms with van der Waals surface area (Å²) in [5, 5.41) is 2.79. The molecule has 0 spiro atoms. The summed E-state index contributed by atoms with van der Waals surface area (Å²) >= 11 is 0.272. The SMILES string of the molecule is O=C(NCc1ccnc(N2CCCC2)c1)c1cccnc1SC(F)F. The zero-order chi connectivity index (χ0) is 17.6. The third-order valence-corrected chi connectivity index (χ3v) is 4.64. The van der Waals surface area contributed by atoms with E-state index in [1.165, 1.54) is 12.3 Å². The molecule has 132 valence electrons. The van der Waals surface area contributed by atoms with E-state index < -0.39 is 11.7 Å². The van der Waals surface area contributed by atoms with Crippen LogP contribution in [0.2, 0.25) is 0 Å². The minimum absolute atomic E-state index is 0.0301. The number of amides is 1. The summed E-state index contributed by atoms with van der Waals surface area (Å²) in [4.78, 5) is 22.8. The minimum Gasteiger partial charge on any atom is -0.357 e. The van der Waals surface area contributed by atoms with E-state index in [9.17, 15) is 13.6 Å². The van der Waals surface area contributed by atoms with Crippen molar-refractivity contribution >= 4 is 23.5 Å². The van der Waals surface area contributed by atoms with Crippen molar-refractivity contribution in [1.29, 1.82) is 0 Å². The Balaban J connectivity index is 1.66. The van der Waals surface area contributed by atoms with Gasteiger partial charge in [-0.3, -0.25) is 4.79 Å². The van der Waals surface area contributed by atoms with Crippen molar-refractivity contribution in [3.63, 3.8) is 0 Å². The highest BCUT2D eigenvalue weighted by atomic mass is 32.2. The maximum Gasteiger partial charge on any atom is 0.290 e. The third-order valence-electron chi connectivity index (χ3n) is 3.91. The van der Waals surface area contributed by atoms with Crippen molar-refractivity contribution in [3.05, 3.63) is 47.8 Å². The van der Waals surface area contributed by atoms with Crippen molar-refractivity contribution in [2.45, 2.75) is 30.2 Å². The van der Waals surface area contributed by atoms with E-state index in [0.29, 0.717) is 6.54 Å². The lowest BCUT2D eigenvalue weighted by Crippen LogP contribution is -2.24. The van der Waals surface area contributed by atoms with Crippen molar-refractivity contribution in [3.8, 4) is 0 Å². The molecule has 0 aliphatic carbocycles. The molecule has 1 aliphatic rings. The molecule has 1 amide bonds. The van der Waals surface area contributed by atoms with Crippen LogP contribution in [0.5, 0.6) is 0 Å². The van der Waals surface area contributed by atoms with Gasteiger partial charge in [0.1, 0.15) is 10.8 Å². The van der Waals surface area contributed by atoms with E-state index in [1.54, 1.807) is 12.3 Å². The Morgan fingerprint density at radius 2 is 2.04 bits per heavy atom. The largest absolute Gasteiger partial charge is 0.357 e. The van der Waals surface area contributed by atoms with Gasteiger partial charge in [0.2, 0.25) is 0 Å². The summed E-state index contributed by atoms with van der Waals surface area (Å²) in [5.74, 6) is -2.14. The van der Waals surface area contributed by atoms with Crippen molar-refractivity contribution in [2.24, 2.45) is 0 Å². The molecule has 1 fully saturated rings. The minimum atomic E-state index is -2.62. The van der Waals surface area contributed by atoms with Crippen LogP contribution < -0.4 is 10.2 Å². The molecule has 3 heterocycles. The van der Waals surface area contributed by atoms with Crippen LogP contribution in [0.1, 0.15) is 28.8 Å². The Kier molecular flexibility index (Phi) is 5.80. The number of alkyl halides is 2. The van der Waals surface area contributed by atoms with Gasteiger partial charge in [0.05, 0.1) is 5.56 Å². The van der Waals surface area contributed by atoms with E-state index in [4.69, 9.17) is 0 Å². The van der Waals surface area contributed by atoms with Crippen LogP contribution in [-0.2, 0) is 6.54 Å². The normalized spacial score (nSPS) is 14.1. The second-order valence-electron chi connectivity index (χ2n) is 5.63. The first kappa shape index (κ1) is 17.6. The lowest BCUT2D eigenvalue weighted by atomic mass is 10.2. The van der Waals surface area contributed by atoms with Crippen LogP contribution >= 0.6 is 11.8 Å². The number of anilines is 1. The highest BCUT2D eigenvalue weighted by Crippen LogP contribution is 2.26. The molecule has 5 nitrogen and oxygen atoms in total. The molecule has 0 aromatic carbocycles. The van der Waals surface area contributed by atoms with E-state index >= 15 is 0 Å². The van der Waals surface area contributed by atoms with Gasteiger partial charge in [-0.05, 0) is 54.4 Å². The van der Waals surface area contributed by atoms with E-state index in [2.05, 4.69) is 20.2 Å². The molecular formula is C17H18F2N4OS. The Morgan fingerprint density at radius 3 is 2.80 bits per heavy atom. The molecule has 1 aliphatic heterocycles. The summed E-state index contributed by atoms with van der Waals surface area (Å²) in [7, 11) is 0. The maximum absolute atomic E-state index is 12.6. The van der Waals surface area contributed by atoms with Gasteiger partial charge in [-0.25, -0.2) is 9.97 Å². The fraction of sp³-hybridized carbons (Fsp3) is 0.353. The number of carbonyl (C=O) groups is 1. The number of rotatable bonds is 6. The molecular weight excluding hydrogens is 346 g/mol. The molecule has 8 heteroatoms. The van der Waals surface area contributed by atoms with Crippen molar-refractivity contribution < 1.29 is 13.6 Å². The standard InChI is InChI=1S/C17H18F2N4OS/c18-17(19)25-16-13(4-3-6-21-16)15(24)22-11-12-5-7-20-14(10-12)23-8-1-2-9-23/h3-7,10,17H,1-2,8-9,11H2,(H,22,24). The van der Waals surface area contributed by atoms with E-state index in [-0.39, 0.29) is 22.4 Å². The fourth-order valence-corrected chi connectivity index (χ4v) is 3.29. The van der Waals surface area contributed by atoms with Gasteiger partial charge in [0.15, 0.2) is 0 Å². The van der Waals surface area contributed by atoms with E-state index in [0.717, 1.165) is 37.3 Å². The van der Waals surface area contributed by atoms with Crippen LogP contribution in [0.3, 0.4) is 0 Å². The molecule has 0 unspecified atom stereocenters. The Morgan fingerprint density at radius 1 is 1.24 bits per heavy atom. The van der Waals surface area contributed by atoms with Crippen LogP contribution in [0.25, 0.3) is 0 Å². The smallest absolute Gasteiger partial charge is 0.290 e. The molecule has 2 aromatic heterocycles. The maximum atomic E-state index is 12.6. The Labute approximate surface area is 148 Å². The molecule has 2 aromatic rings. The highest BCUT2D eigenvalue weighted by Gasteiger charge is 2.17. The van der Waals surface area contributed by atoms with Crippen molar-refractivity contribution in [1.82, 2.24) is 15.3 Å². The number of halogens is 2. The lowest BCUT2D eigenvalue weighted by molar-refractivity contribution is 0.0947. The zero-order valence-corrected chi connectivity index (χ0v) is 14.3. The van der Waals surface area contributed by atoms with Gasteiger partial charge < -0.3 is 10.2 Å². The second-order valence-corrected chi connectivity index (χ2v) is 6.61. The number of hydrogen-bond acceptors (Lipinski definition) is 5. The third kappa shape index (κ3) is 4.66. The fourth-order valence-electron chi connectivity index (χ4n) is 2.71.